The van der Waals surface area contributed by atoms with Crippen molar-refractivity contribution < 1.29 is 20.1 Å². The molecular weight excluding hydrogens is 260 g/mol. The lowest BCUT2D eigenvalue weighted by Gasteiger charge is -2.05. The first kappa shape index (κ1) is 13.6. The Morgan fingerprint density at radius 3 is 2.35 bits per heavy atom. The maximum Gasteiger partial charge on any atom is 0.235 e. The predicted octanol–water partition coefficient (Wildman–Crippen LogP) is 2.05. The van der Waals surface area contributed by atoms with Gasteiger partial charge in [-0.05, 0) is 12.1 Å². The van der Waals surface area contributed by atoms with Gasteiger partial charge in [0.1, 0.15) is 11.3 Å². The van der Waals surface area contributed by atoms with E-state index in [-0.39, 0.29) is 28.0 Å². The smallest absolute Gasteiger partial charge is 0.235 e. The van der Waals surface area contributed by atoms with E-state index >= 15 is 0 Å². The van der Waals surface area contributed by atoms with Crippen molar-refractivity contribution in [2.45, 2.75) is 0 Å². The Hall–Kier alpha value is -2.79. The summed E-state index contributed by atoms with van der Waals surface area (Å²) in [5.41, 5.74) is 0.323. The van der Waals surface area contributed by atoms with Crippen molar-refractivity contribution in [2.75, 3.05) is 0 Å². The number of phenols is 1. The number of hydrogen-bond donors (Lipinski definition) is 2. The topological polar surface area (TPSA) is 102 Å². The number of fused-ring (bicyclic) bond motifs is 1. The highest BCUT2D eigenvalue weighted by atomic mass is 16.4. The molecule has 0 aliphatic rings. The van der Waals surface area contributed by atoms with Crippen LogP contribution in [0.2, 0.25) is 0 Å². The third-order valence-electron chi connectivity index (χ3n) is 2.89. The van der Waals surface area contributed by atoms with Gasteiger partial charge in [-0.2, -0.15) is 0 Å². The highest BCUT2D eigenvalue weighted by Crippen LogP contribution is 2.30. The third kappa shape index (κ3) is 2.10. The fourth-order valence-corrected chi connectivity index (χ4v) is 1.96. The van der Waals surface area contributed by atoms with Crippen LogP contribution in [0.15, 0.2) is 57.7 Å². The molecule has 5 nitrogen and oxygen atoms in total. The van der Waals surface area contributed by atoms with E-state index in [4.69, 9.17) is 4.42 Å². The lowest BCUT2D eigenvalue weighted by Crippen LogP contribution is -2.02. The van der Waals surface area contributed by atoms with Crippen molar-refractivity contribution >= 4 is 11.0 Å². The lowest BCUT2D eigenvalue weighted by molar-refractivity contribution is 0.447. The van der Waals surface area contributed by atoms with Gasteiger partial charge in [0, 0.05) is 11.6 Å². The fourth-order valence-electron chi connectivity index (χ4n) is 1.96. The summed E-state index contributed by atoms with van der Waals surface area (Å²) < 4.78 is 5.53. The molecule has 0 fully saturated rings. The molecule has 0 bridgehead atoms. The van der Waals surface area contributed by atoms with E-state index in [1.54, 1.807) is 24.3 Å². The summed E-state index contributed by atoms with van der Waals surface area (Å²) in [6.45, 7) is 0. The summed E-state index contributed by atoms with van der Waals surface area (Å²) in [6, 6.07) is 13.0. The molecule has 0 spiro atoms. The zero-order valence-electron chi connectivity index (χ0n) is 10.3. The first-order chi connectivity index (χ1) is 9.16. The van der Waals surface area contributed by atoms with E-state index in [1.165, 1.54) is 18.2 Å². The summed E-state index contributed by atoms with van der Waals surface area (Å²) in [7, 11) is 0. The lowest BCUT2D eigenvalue weighted by atomic mass is 10.1. The molecule has 0 unspecified atom stereocenters. The second kappa shape index (κ2) is 5.07. The number of hydrogen-bond acceptors (Lipinski definition) is 4. The average Bonchev–Trinajstić information content (AvgIpc) is 2.43. The van der Waals surface area contributed by atoms with Gasteiger partial charge in [-0.3, -0.25) is 4.79 Å². The van der Waals surface area contributed by atoms with E-state index in [9.17, 15) is 15.0 Å². The summed E-state index contributed by atoms with van der Waals surface area (Å²) in [5.74, 6) is -0.326. The molecule has 1 aromatic heterocycles. The van der Waals surface area contributed by atoms with Crippen LogP contribution in [0.5, 0.6) is 11.5 Å². The van der Waals surface area contributed by atoms with Crippen LogP contribution in [0.3, 0.4) is 0 Å². The minimum Gasteiger partial charge on any atom is -0.508 e. The van der Waals surface area contributed by atoms with Crippen molar-refractivity contribution in [3.8, 4) is 22.8 Å². The predicted molar refractivity (Wildman–Crippen MR) is 74.9 cm³/mol. The van der Waals surface area contributed by atoms with Crippen LogP contribution in [0.4, 0.5) is 0 Å². The Balaban J connectivity index is 0.00000147. The molecule has 3 aromatic rings. The van der Waals surface area contributed by atoms with Crippen LogP contribution in [-0.4, -0.2) is 15.7 Å². The molecule has 0 aliphatic heterocycles. The van der Waals surface area contributed by atoms with Crippen LogP contribution >= 0.6 is 0 Å². The zero-order chi connectivity index (χ0) is 13.4. The maximum absolute atomic E-state index is 12.0. The molecule has 1 heterocycles. The molecule has 102 valence electrons. The Morgan fingerprint density at radius 1 is 0.950 bits per heavy atom. The Labute approximate surface area is 113 Å². The molecule has 0 atom stereocenters. The van der Waals surface area contributed by atoms with Crippen molar-refractivity contribution in [2.24, 2.45) is 0 Å². The van der Waals surface area contributed by atoms with Gasteiger partial charge in [0.05, 0.1) is 5.39 Å². The van der Waals surface area contributed by atoms with Gasteiger partial charge in [-0.25, -0.2) is 0 Å². The fraction of sp³-hybridized carbons (Fsp3) is 0. The molecule has 4 N–H and O–H groups in total. The van der Waals surface area contributed by atoms with Gasteiger partial charge in [0.2, 0.25) is 11.2 Å². The van der Waals surface area contributed by atoms with Crippen molar-refractivity contribution in [3.63, 3.8) is 0 Å². The minimum atomic E-state index is -0.514. The maximum atomic E-state index is 12.0. The Morgan fingerprint density at radius 2 is 1.65 bits per heavy atom. The number of aromatic hydroxyl groups is 2. The second-order valence-corrected chi connectivity index (χ2v) is 4.16. The molecule has 0 amide bonds. The van der Waals surface area contributed by atoms with Gasteiger partial charge >= 0.3 is 0 Å². The molecule has 0 radical (unpaired) electrons. The molecule has 2 aromatic carbocycles. The monoisotopic (exact) mass is 272 g/mol. The number of phenolic OH excluding ortho intramolecular Hbond substituents is 1. The van der Waals surface area contributed by atoms with Crippen LogP contribution in [0, 0.1) is 0 Å². The van der Waals surface area contributed by atoms with E-state index in [1.807, 2.05) is 6.07 Å². The van der Waals surface area contributed by atoms with Crippen LogP contribution in [0.25, 0.3) is 22.3 Å². The molecule has 5 heteroatoms. The standard InChI is InChI=1S/C15H10O4.H2O/c16-10-6-7-11-12(8-10)19-15(14(18)13(11)17)9-4-2-1-3-5-9;/h1-8,16,18H;1H2. The first-order valence-electron chi connectivity index (χ1n) is 5.71. The third-order valence-corrected chi connectivity index (χ3v) is 2.89. The van der Waals surface area contributed by atoms with Gasteiger partial charge in [0.25, 0.3) is 0 Å². The SMILES string of the molecule is O.O=c1c(O)c(-c2ccccc2)oc2cc(O)ccc12. The summed E-state index contributed by atoms with van der Waals surface area (Å²) >= 11 is 0. The highest BCUT2D eigenvalue weighted by molar-refractivity contribution is 5.82. The van der Waals surface area contributed by atoms with Crippen LogP contribution in [-0.2, 0) is 0 Å². The first-order valence-corrected chi connectivity index (χ1v) is 5.71. The average molecular weight is 272 g/mol. The molecule has 0 saturated carbocycles. The largest absolute Gasteiger partial charge is 0.508 e. The summed E-state index contributed by atoms with van der Waals surface area (Å²) in [6.07, 6.45) is 0. The Kier molecular flexibility index (Phi) is 3.45. The number of rotatable bonds is 1. The van der Waals surface area contributed by atoms with Gasteiger partial charge in [-0.15, -0.1) is 0 Å². The minimum absolute atomic E-state index is 0. The van der Waals surface area contributed by atoms with E-state index in [0.717, 1.165) is 0 Å². The Bertz CT molecular complexity index is 806. The molecular formula is C15H12O5. The van der Waals surface area contributed by atoms with E-state index in [2.05, 4.69) is 0 Å². The van der Waals surface area contributed by atoms with E-state index < -0.39 is 11.2 Å². The normalized spacial score (nSPS) is 10.2. The molecule has 0 saturated heterocycles. The van der Waals surface area contributed by atoms with Crippen molar-refractivity contribution in [1.82, 2.24) is 0 Å². The zero-order valence-corrected chi connectivity index (χ0v) is 10.3. The second-order valence-electron chi connectivity index (χ2n) is 4.16. The van der Waals surface area contributed by atoms with Gasteiger partial charge in [0.15, 0.2) is 5.76 Å². The van der Waals surface area contributed by atoms with Crippen LogP contribution < -0.4 is 5.43 Å². The summed E-state index contributed by atoms with van der Waals surface area (Å²) in [5, 5.41) is 19.6. The molecule has 3 rings (SSSR count). The van der Waals surface area contributed by atoms with E-state index in [0.29, 0.717) is 5.56 Å². The number of benzene rings is 2. The summed E-state index contributed by atoms with van der Waals surface area (Å²) in [4.78, 5) is 12.0. The van der Waals surface area contributed by atoms with Crippen molar-refractivity contribution in [1.29, 1.82) is 0 Å². The molecule has 20 heavy (non-hydrogen) atoms. The van der Waals surface area contributed by atoms with Gasteiger partial charge < -0.3 is 20.1 Å². The highest BCUT2D eigenvalue weighted by Gasteiger charge is 2.15. The molecule has 0 aliphatic carbocycles. The van der Waals surface area contributed by atoms with Crippen molar-refractivity contribution in [3.05, 3.63) is 58.8 Å². The quantitative estimate of drug-likeness (QED) is 0.707. The van der Waals surface area contributed by atoms with Gasteiger partial charge in [-0.1, -0.05) is 30.3 Å². The van der Waals surface area contributed by atoms with Crippen LogP contribution in [0.1, 0.15) is 0 Å².